The molecule has 0 fully saturated rings. The molecule has 5 nitrogen and oxygen atoms in total. The predicted octanol–water partition coefficient (Wildman–Crippen LogP) is 2.81. The van der Waals surface area contributed by atoms with Crippen molar-refractivity contribution in [1.29, 1.82) is 0 Å². The molecule has 0 aliphatic carbocycles. The van der Waals surface area contributed by atoms with Gasteiger partial charge in [0, 0.05) is 0 Å². The van der Waals surface area contributed by atoms with E-state index in [-0.39, 0.29) is 10.6 Å². The summed E-state index contributed by atoms with van der Waals surface area (Å²) in [7, 11) is 0. The molecular weight excluding hydrogens is 299 g/mol. The van der Waals surface area contributed by atoms with Gasteiger partial charge >= 0.3 is 11.7 Å². The van der Waals surface area contributed by atoms with E-state index in [1.807, 2.05) is 0 Å². The third-order valence-corrected chi connectivity index (χ3v) is 3.38. The van der Waals surface area contributed by atoms with Crippen molar-refractivity contribution in [2.24, 2.45) is 0 Å². The third kappa shape index (κ3) is 2.19. The highest BCUT2D eigenvalue weighted by molar-refractivity contribution is 6.30. The molecule has 0 saturated carbocycles. The first-order chi connectivity index (χ1) is 9.97. The van der Waals surface area contributed by atoms with Gasteiger partial charge in [-0.1, -0.05) is 11.6 Å². The molecule has 3 aromatic rings. The largest absolute Gasteiger partial charge is 0.478 e. The summed E-state index contributed by atoms with van der Waals surface area (Å²) in [5, 5.41) is 8.90. The molecule has 2 N–H and O–H groups in total. The Morgan fingerprint density at radius 2 is 2.00 bits per heavy atom. The van der Waals surface area contributed by atoms with Gasteiger partial charge in [0.25, 0.3) is 0 Å². The Bertz CT molecular complexity index is 930. The van der Waals surface area contributed by atoms with Crippen LogP contribution in [0.25, 0.3) is 16.7 Å². The maximum atomic E-state index is 13.2. The molecule has 0 radical (unpaired) electrons. The van der Waals surface area contributed by atoms with Crippen LogP contribution in [-0.4, -0.2) is 20.6 Å². The Morgan fingerprint density at radius 1 is 1.24 bits per heavy atom. The van der Waals surface area contributed by atoms with E-state index in [9.17, 15) is 14.0 Å². The molecule has 7 heteroatoms. The number of rotatable bonds is 2. The van der Waals surface area contributed by atoms with Crippen molar-refractivity contribution in [1.82, 2.24) is 9.55 Å². The van der Waals surface area contributed by atoms with Crippen LogP contribution in [0.3, 0.4) is 0 Å². The number of carboxylic acid groups (broad SMARTS) is 1. The highest BCUT2D eigenvalue weighted by Gasteiger charge is 2.13. The molecule has 1 aromatic heterocycles. The predicted molar refractivity (Wildman–Crippen MR) is 75.8 cm³/mol. The number of aromatic amines is 1. The van der Waals surface area contributed by atoms with Gasteiger partial charge in [-0.2, -0.15) is 0 Å². The highest BCUT2D eigenvalue weighted by atomic mass is 35.5. The average molecular weight is 307 g/mol. The number of carboxylic acids is 1. The topological polar surface area (TPSA) is 75.1 Å². The van der Waals surface area contributed by atoms with Crippen LogP contribution in [0.4, 0.5) is 4.39 Å². The Labute approximate surface area is 122 Å². The summed E-state index contributed by atoms with van der Waals surface area (Å²) in [4.78, 5) is 25.7. The first-order valence-electron chi connectivity index (χ1n) is 5.91. The molecule has 0 bridgehead atoms. The average Bonchev–Trinajstić information content (AvgIpc) is 2.77. The SMILES string of the molecule is O=C(O)c1ccc2[nH]c(=O)n(-c3ccc(F)c(Cl)c3)c2c1. The van der Waals surface area contributed by atoms with E-state index in [4.69, 9.17) is 16.7 Å². The first-order valence-corrected chi connectivity index (χ1v) is 6.28. The number of hydrogen-bond acceptors (Lipinski definition) is 2. The summed E-state index contributed by atoms with van der Waals surface area (Å²) < 4.78 is 14.5. The maximum absolute atomic E-state index is 13.2. The van der Waals surface area contributed by atoms with Crippen molar-refractivity contribution < 1.29 is 14.3 Å². The number of fused-ring (bicyclic) bond motifs is 1. The second-order valence-corrected chi connectivity index (χ2v) is 4.81. The number of aromatic carboxylic acids is 1. The number of benzene rings is 2. The van der Waals surface area contributed by atoms with E-state index < -0.39 is 17.5 Å². The van der Waals surface area contributed by atoms with E-state index in [1.54, 1.807) is 0 Å². The van der Waals surface area contributed by atoms with Gasteiger partial charge in [-0.25, -0.2) is 14.0 Å². The summed E-state index contributed by atoms with van der Waals surface area (Å²) in [6, 6.07) is 8.10. The van der Waals surface area contributed by atoms with E-state index in [0.29, 0.717) is 16.7 Å². The molecule has 0 saturated heterocycles. The third-order valence-electron chi connectivity index (χ3n) is 3.09. The second kappa shape index (κ2) is 4.75. The number of hydrogen-bond donors (Lipinski definition) is 2. The van der Waals surface area contributed by atoms with Crippen LogP contribution >= 0.6 is 11.6 Å². The summed E-state index contributed by atoms with van der Waals surface area (Å²) in [5.74, 6) is -1.70. The molecule has 0 atom stereocenters. The Morgan fingerprint density at radius 3 is 2.67 bits per heavy atom. The minimum atomic E-state index is -1.10. The first kappa shape index (κ1) is 13.4. The zero-order valence-electron chi connectivity index (χ0n) is 10.4. The van der Waals surface area contributed by atoms with Crippen LogP contribution in [0.15, 0.2) is 41.2 Å². The van der Waals surface area contributed by atoms with Gasteiger partial charge in [-0.3, -0.25) is 4.57 Å². The monoisotopic (exact) mass is 306 g/mol. The van der Waals surface area contributed by atoms with E-state index in [0.717, 1.165) is 6.07 Å². The van der Waals surface area contributed by atoms with Crippen LogP contribution in [0.1, 0.15) is 10.4 Å². The molecular formula is C14H8ClFN2O3. The lowest BCUT2D eigenvalue weighted by Crippen LogP contribution is -2.14. The van der Waals surface area contributed by atoms with Gasteiger partial charge in [-0.15, -0.1) is 0 Å². The van der Waals surface area contributed by atoms with E-state index >= 15 is 0 Å². The Balaban J connectivity index is 2.32. The molecule has 106 valence electrons. The number of carbonyl (C=O) groups is 1. The van der Waals surface area contributed by atoms with Crippen LogP contribution in [-0.2, 0) is 0 Å². The Kier molecular flexibility index (Phi) is 3.03. The van der Waals surface area contributed by atoms with Gasteiger partial charge in [0.15, 0.2) is 0 Å². The zero-order valence-corrected chi connectivity index (χ0v) is 11.2. The van der Waals surface area contributed by atoms with Crippen LogP contribution in [0.5, 0.6) is 0 Å². The number of nitrogens with one attached hydrogen (secondary N) is 1. The van der Waals surface area contributed by atoms with Gasteiger partial charge in [-0.05, 0) is 36.4 Å². The van der Waals surface area contributed by atoms with Gasteiger partial charge in [0.05, 0.1) is 27.3 Å². The zero-order chi connectivity index (χ0) is 15.1. The molecule has 2 aromatic carbocycles. The molecule has 0 aliphatic heterocycles. The number of aromatic nitrogens is 2. The smallest absolute Gasteiger partial charge is 0.335 e. The second-order valence-electron chi connectivity index (χ2n) is 4.40. The molecule has 3 rings (SSSR count). The van der Waals surface area contributed by atoms with Crippen molar-refractivity contribution in [2.75, 3.05) is 0 Å². The summed E-state index contributed by atoms with van der Waals surface area (Å²) >= 11 is 5.72. The molecule has 0 aliphatic rings. The van der Waals surface area contributed by atoms with Crippen molar-refractivity contribution in [2.45, 2.75) is 0 Å². The lowest BCUT2D eigenvalue weighted by atomic mass is 10.2. The van der Waals surface area contributed by atoms with Crippen molar-refractivity contribution >= 4 is 28.6 Å². The van der Waals surface area contributed by atoms with Crippen molar-refractivity contribution in [3.05, 3.63) is 63.3 Å². The summed E-state index contributed by atoms with van der Waals surface area (Å²) in [5.41, 5.74) is 0.784. The molecule has 0 unspecified atom stereocenters. The number of H-pyrrole nitrogens is 1. The lowest BCUT2D eigenvalue weighted by Gasteiger charge is -2.05. The fourth-order valence-corrected chi connectivity index (χ4v) is 2.29. The highest BCUT2D eigenvalue weighted by Crippen LogP contribution is 2.21. The number of imidazole rings is 1. The minimum absolute atomic E-state index is 0.0449. The minimum Gasteiger partial charge on any atom is -0.478 e. The summed E-state index contributed by atoms with van der Waals surface area (Å²) in [6.07, 6.45) is 0. The normalized spacial score (nSPS) is 11.0. The van der Waals surface area contributed by atoms with Gasteiger partial charge in [0.2, 0.25) is 0 Å². The van der Waals surface area contributed by atoms with Crippen molar-refractivity contribution in [3.8, 4) is 5.69 Å². The number of nitrogens with zero attached hydrogens (tertiary/aromatic N) is 1. The molecule has 0 amide bonds. The van der Waals surface area contributed by atoms with Crippen molar-refractivity contribution in [3.63, 3.8) is 0 Å². The van der Waals surface area contributed by atoms with Gasteiger partial charge in [0.1, 0.15) is 5.82 Å². The Hall–Kier alpha value is -2.60. The number of halogens is 2. The quantitative estimate of drug-likeness (QED) is 0.764. The molecule has 0 spiro atoms. The molecule has 21 heavy (non-hydrogen) atoms. The maximum Gasteiger partial charge on any atom is 0.335 e. The summed E-state index contributed by atoms with van der Waals surface area (Å²) in [6.45, 7) is 0. The van der Waals surface area contributed by atoms with Crippen LogP contribution in [0.2, 0.25) is 5.02 Å². The molecule has 1 heterocycles. The standard InChI is InChI=1S/C14H8ClFN2O3/c15-9-6-8(2-3-10(9)16)18-12-5-7(13(19)20)1-4-11(12)17-14(18)21/h1-6H,(H,17,21)(H,19,20). The van der Waals surface area contributed by atoms with E-state index in [2.05, 4.69) is 4.98 Å². The van der Waals surface area contributed by atoms with Crippen LogP contribution < -0.4 is 5.69 Å². The van der Waals surface area contributed by atoms with Crippen LogP contribution in [0, 0.1) is 5.82 Å². The fraction of sp³-hybridized carbons (Fsp3) is 0. The van der Waals surface area contributed by atoms with Gasteiger partial charge < -0.3 is 10.1 Å². The van der Waals surface area contributed by atoms with E-state index in [1.165, 1.54) is 34.9 Å². The lowest BCUT2D eigenvalue weighted by molar-refractivity contribution is 0.0697. The fourth-order valence-electron chi connectivity index (χ4n) is 2.12.